The number of nitrogens with zero attached hydrogens (tertiary/aromatic N) is 2. The maximum absolute atomic E-state index is 13.1. The van der Waals surface area contributed by atoms with E-state index in [-0.39, 0.29) is 0 Å². The highest BCUT2D eigenvalue weighted by Crippen LogP contribution is 2.50. The first-order valence-corrected chi connectivity index (χ1v) is 11.0. The van der Waals surface area contributed by atoms with Crippen LogP contribution in [0.2, 0.25) is 0 Å². The van der Waals surface area contributed by atoms with E-state index in [2.05, 4.69) is 43.3 Å². The van der Waals surface area contributed by atoms with Gasteiger partial charge in [-0.05, 0) is 44.7 Å². The minimum atomic E-state index is -4.41. The van der Waals surface area contributed by atoms with E-state index < -0.39 is 23.4 Å². The SMILES string of the molecule is N#CC1OC2(CCN(CC#CSI)CC2)c2cc(C(F)(F)F)ccc21. The smallest absolute Gasteiger partial charge is 0.347 e. The monoisotopic (exact) mass is 478 g/mol. The van der Waals surface area contributed by atoms with Crippen molar-refractivity contribution in [1.29, 1.82) is 5.26 Å². The molecule has 1 atom stereocenters. The Kier molecular flexibility index (Phi) is 5.54. The average molecular weight is 478 g/mol. The van der Waals surface area contributed by atoms with Crippen LogP contribution in [0.25, 0.3) is 0 Å². The molecule has 0 bridgehead atoms. The summed E-state index contributed by atoms with van der Waals surface area (Å²) < 4.78 is 45.2. The molecule has 3 rings (SSSR count). The summed E-state index contributed by atoms with van der Waals surface area (Å²) in [6.07, 6.45) is -4.11. The van der Waals surface area contributed by atoms with E-state index in [0.29, 0.717) is 43.6 Å². The Morgan fingerprint density at radius 1 is 1.36 bits per heavy atom. The van der Waals surface area contributed by atoms with Crippen LogP contribution in [0.4, 0.5) is 13.2 Å². The Labute approximate surface area is 160 Å². The number of piperidine rings is 1. The molecule has 0 N–H and O–H groups in total. The first-order valence-electron chi connectivity index (χ1n) is 7.66. The summed E-state index contributed by atoms with van der Waals surface area (Å²) in [5.74, 6) is 3.04. The number of likely N-dealkylation sites (tertiary alicyclic amines) is 1. The molecule has 0 radical (unpaired) electrons. The minimum absolute atomic E-state index is 0.516. The third kappa shape index (κ3) is 3.77. The van der Waals surface area contributed by atoms with Gasteiger partial charge in [0.05, 0.1) is 23.8 Å². The molecule has 0 aliphatic carbocycles. The lowest BCUT2D eigenvalue weighted by atomic mass is 9.82. The van der Waals surface area contributed by atoms with Gasteiger partial charge in [0.25, 0.3) is 0 Å². The van der Waals surface area contributed by atoms with Gasteiger partial charge in [-0.1, -0.05) is 12.0 Å². The van der Waals surface area contributed by atoms with Gasteiger partial charge in [0.1, 0.15) is 0 Å². The van der Waals surface area contributed by atoms with Crippen LogP contribution in [0, 0.1) is 22.5 Å². The quantitative estimate of drug-likeness (QED) is 0.436. The highest BCUT2D eigenvalue weighted by Gasteiger charge is 2.48. The molecule has 1 spiro atoms. The largest absolute Gasteiger partial charge is 0.416 e. The van der Waals surface area contributed by atoms with Crippen molar-refractivity contribution in [2.24, 2.45) is 0 Å². The van der Waals surface area contributed by atoms with Gasteiger partial charge in [0.15, 0.2) is 6.10 Å². The summed E-state index contributed by atoms with van der Waals surface area (Å²) in [5.41, 5.74) is -0.425. The maximum Gasteiger partial charge on any atom is 0.416 e. The van der Waals surface area contributed by atoms with Crippen molar-refractivity contribution in [2.75, 3.05) is 19.6 Å². The van der Waals surface area contributed by atoms with Crippen molar-refractivity contribution in [2.45, 2.75) is 30.7 Å². The Morgan fingerprint density at radius 2 is 2.08 bits per heavy atom. The van der Waals surface area contributed by atoms with Gasteiger partial charge in [0, 0.05) is 39.9 Å². The first-order chi connectivity index (χ1) is 11.9. The molecular weight excluding hydrogens is 464 g/mol. The molecule has 1 aromatic carbocycles. The number of rotatable bonds is 1. The highest BCUT2D eigenvalue weighted by molar-refractivity contribution is 14.2. The second-order valence-corrected chi connectivity index (χ2v) is 7.73. The lowest BCUT2D eigenvalue weighted by Crippen LogP contribution is -2.42. The number of fused-ring (bicyclic) bond motifs is 2. The molecule has 2 aliphatic heterocycles. The minimum Gasteiger partial charge on any atom is -0.347 e. The van der Waals surface area contributed by atoms with Crippen molar-refractivity contribution in [3.63, 3.8) is 0 Å². The molecular formula is C17H14F3IN2OS. The van der Waals surface area contributed by atoms with E-state index >= 15 is 0 Å². The highest BCUT2D eigenvalue weighted by atomic mass is 127. The lowest BCUT2D eigenvalue weighted by Gasteiger charge is -2.38. The van der Waals surface area contributed by atoms with Crippen LogP contribution in [0.15, 0.2) is 18.2 Å². The molecule has 0 saturated carbocycles. The average Bonchev–Trinajstić information content (AvgIpc) is 2.89. The number of nitriles is 1. The molecule has 1 saturated heterocycles. The van der Waals surface area contributed by atoms with Gasteiger partial charge in [-0.25, -0.2) is 0 Å². The predicted octanol–water partition coefficient (Wildman–Crippen LogP) is 4.64. The second-order valence-electron chi connectivity index (χ2n) is 6.05. The molecule has 2 aliphatic rings. The zero-order valence-electron chi connectivity index (χ0n) is 13.1. The zero-order chi connectivity index (χ0) is 18.1. The molecule has 2 heterocycles. The topological polar surface area (TPSA) is 36.3 Å². The summed E-state index contributed by atoms with van der Waals surface area (Å²) in [5, 5.41) is 12.2. The van der Waals surface area contributed by atoms with Crippen LogP contribution in [-0.4, -0.2) is 24.5 Å². The van der Waals surface area contributed by atoms with Gasteiger partial charge in [0.2, 0.25) is 0 Å². The zero-order valence-corrected chi connectivity index (χ0v) is 16.0. The van der Waals surface area contributed by atoms with Crippen LogP contribution < -0.4 is 0 Å². The van der Waals surface area contributed by atoms with Crippen molar-refractivity contribution < 1.29 is 17.9 Å². The molecule has 132 valence electrons. The maximum atomic E-state index is 13.1. The molecule has 3 nitrogen and oxygen atoms in total. The van der Waals surface area contributed by atoms with Gasteiger partial charge in [-0.3, -0.25) is 4.90 Å². The van der Waals surface area contributed by atoms with Crippen LogP contribution in [0.1, 0.15) is 35.6 Å². The number of ether oxygens (including phenoxy) is 1. The van der Waals surface area contributed by atoms with Crippen molar-refractivity contribution in [3.05, 3.63) is 34.9 Å². The van der Waals surface area contributed by atoms with E-state index in [4.69, 9.17) is 4.74 Å². The van der Waals surface area contributed by atoms with E-state index in [9.17, 15) is 18.4 Å². The fraction of sp³-hybridized carbons (Fsp3) is 0.471. The third-order valence-electron chi connectivity index (χ3n) is 4.69. The van der Waals surface area contributed by atoms with Crippen molar-refractivity contribution in [1.82, 2.24) is 4.90 Å². The van der Waals surface area contributed by atoms with E-state index in [0.717, 1.165) is 12.1 Å². The van der Waals surface area contributed by atoms with E-state index in [1.807, 2.05) is 0 Å². The van der Waals surface area contributed by atoms with Crippen molar-refractivity contribution >= 4 is 30.1 Å². The van der Waals surface area contributed by atoms with Crippen LogP contribution >= 0.6 is 30.1 Å². The number of halogens is 4. The standard InChI is InChI=1S/C17H14F3IN2OS/c18-17(19,20)12-2-3-13-14(10-12)16(24-15(13)11-22)4-7-23(8-5-16)6-1-9-25-21/h2-3,10,15H,4-8H2. The summed E-state index contributed by atoms with van der Waals surface area (Å²) >= 11 is 2.11. The van der Waals surface area contributed by atoms with Crippen molar-refractivity contribution in [3.8, 4) is 17.2 Å². The molecule has 1 fully saturated rings. The first kappa shape index (κ1) is 18.8. The van der Waals surface area contributed by atoms with Gasteiger partial charge in [-0.2, -0.15) is 18.4 Å². The Bertz CT molecular complexity index is 758. The van der Waals surface area contributed by atoms with Crippen LogP contribution in [-0.2, 0) is 16.5 Å². The summed E-state index contributed by atoms with van der Waals surface area (Å²) in [6, 6.07) is 5.63. The van der Waals surface area contributed by atoms with E-state index in [1.54, 1.807) is 0 Å². The Balaban J connectivity index is 1.87. The fourth-order valence-electron chi connectivity index (χ4n) is 3.44. The normalized spacial score (nSPS) is 22.1. The van der Waals surface area contributed by atoms with Crippen LogP contribution in [0.5, 0.6) is 0 Å². The summed E-state index contributed by atoms with van der Waals surface area (Å²) in [4.78, 5) is 2.15. The molecule has 25 heavy (non-hydrogen) atoms. The predicted molar refractivity (Wildman–Crippen MR) is 97.6 cm³/mol. The van der Waals surface area contributed by atoms with Gasteiger partial charge < -0.3 is 4.74 Å². The Morgan fingerprint density at radius 3 is 2.68 bits per heavy atom. The van der Waals surface area contributed by atoms with Gasteiger partial charge >= 0.3 is 6.18 Å². The number of hydrogen-bond donors (Lipinski definition) is 0. The summed E-state index contributed by atoms with van der Waals surface area (Å²) in [6.45, 7) is 1.98. The molecule has 8 heteroatoms. The van der Waals surface area contributed by atoms with Gasteiger partial charge in [-0.15, -0.1) is 0 Å². The molecule has 0 amide bonds. The lowest BCUT2D eigenvalue weighted by molar-refractivity contribution is -0.137. The Hall–Kier alpha value is -0.940. The molecule has 0 aromatic heterocycles. The second kappa shape index (κ2) is 7.36. The molecule has 1 unspecified atom stereocenters. The van der Waals surface area contributed by atoms with Crippen LogP contribution in [0.3, 0.4) is 0 Å². The number of hydrogen-bond acceptors (Lipinski definition) is 4. The number of alkyl halides is 3. The third-order valence-corrected chi connectivity index (χ3v) is 5.57. The fourth-order valence-corrected chi connectivity index (χ4v) is 4.02. The number of benzene rings is 1. The summed E-state index contributed by atoms with van der Waals surface area (Å²) in [7, 11) is 1.42. The molecule has 1 aromatic rings. The van der Waals surface area contributed by atoms with E-state index in [1.165, 1.54) is 15.0 Å².